The number of hydrogen-bond acceptors (Lipinski definition) is 5. The number of phenolic OH excluding ortho intramolecular Hbond substituents is 1. The zero-order valence-corrected chi connectivity index (χ0v) is 14.0. The molecule has 0 unspecified atom stereocenters. The highest BCUT2D eigenvalue weighted by Crippen LogP contribution is 2.34. The molecule has 2 heterocycles. The fraction of sp³-hybridized carbons (Fsp3) is 0.263. The Bertz CT molecular complexity index is 867. The number of hydrogen-bond donors (Lipinski definition) is 2. The highest BCUT2D eigenvalue weighted by atomic mass is 16.7. The van der Waals surface area contributed by atoms with Crippen molar-refractivity contribution in [3.63, 3.8) is 0 Å². The summed E-state index contributed by atoms with van der Waals surface area (Å²) in [7, 11) is 0. The van der Waals surface area contributed by atoms with Crippen molar-refractivity contribution < 1.29 is 24.2 Å². The number of aromatic hydroxyl groups is 1. The van der Waals surface area contributed by atoms with Crippen LogP contribution in [0.1, 0.15) is 23.2 Å². The molecule has 0 saturated carbocycles. The van der Waals surface area contributed by atoms with E-state index in [1.54, 1.807) is 36.4 Å². The maximum atomic E-state index is 12.7. The molecule has 2 aromatic carbocycles. The van der Waals surface area contributed by atoms with Gasteiger partial charge in [0.25, 0.3) is 5.91 Å². The number of likely N-dealkylation sites (tertiary alicyclic amines) is 1. The molecule has 2 aromatic rings. The largest absolute Gasteiger partial charge is 0.507 e. The van der Waals surface area contributed by atoms with Gasteiger partial charge in [-0.3, -0.25) is 9.59 Å². The number of benzene rings is 2. The number of phenols is 1. The van der Waals surface area contributed by atoms with Crippen molar-refractivity contribution in [2.24, 2.45) is 0 Å². The Morgan fingerprint density at radius 3 is 2.77 bits per heavy atom. The summed E-state index contributed by atoms with van der Waals surface area (Å²) in [6.45, 7) is 0.643. The zero-order valence-electron chi connectivity index (χ0n) is 14.0. The molecule has 2 amide bonds. The molecule has 1 saturated heterocycles. The Balaban J connectivity index is 1.50. The minimum absolute atomic E-state index is 0.0840. The topological polar surface area (TPSA) is 88.1 Å². The maximum Gasteiger partial charge on any atom is 0.258 e. The lowest BCUT2D eigenvalue weighted by molar-refractivity contribution is -0.119. The summed E-state index contributed by atoms with van der Waals surface area (Å²) in [6, 6.07) is 10.9. The molecule has 0 spiro atoms. The van der Waals surface area contributed by atoms with E-state index in [0.29, 0.717) is 30.2 Å². The number of carbonyl (C=O) groups is 2. The minimum atomic E-state index is -0.576. The quantitative estimate of drug-likeness (QED) is 0.883. The van der Waals surface area contributed by atoms with Crippen LogP contribution in [0.3, 0.4) is 0 Å². The number of amides is 2. The molecule has 0 bridgehead atoms. The molecule has 26 heavy (non-hydrogen) atoms. The Kier molecular flexibility index (Phi) is 4.12. The van der Waals surface area contributed by atoms with Gasteiger partial charge in [0, 0.05) is 18.3 Å². The molecular weight excluding hydrogens is 336 g/mol. The van der Waals surface area contributed by atoms with Crippen LogP contribution < -0.4 is 14.8 Å². The van der Waals surface area contributed by atoms with E-state index in [2.05, 4.69) is 5.32 Å². The van der Waals surface area contributed by atoms with Crippen LogP contribution in [-0.4, -0.2) is 41.2 Å². The molecule has 1 atom stereocenters. The fourth-order valence-electron chi connectivity index (χ4n) is 3.29. The SMILES string of the molecule is O=C(Nc1ccc2c(c1)OCO2)[C@H]1CCCN1C(=O)c1ccccc1O. The number of fused-ring (bicyclic) bond motifs is 1. The zero-order chi connectivity index (χ0) is 18.1. The van der Waals surface area contributed by atoms with Crippen molar-refractivity contribution in [3.8, 4) is 17.2 Å². The van der Waals surface area contributed by atoms with Gasteiger partial charge in [-0.2, -0.15) is 0 Å². The van der Waals surface area contributed by atoms with E-state index < -0.39 is 6.04 Å². The highest BCUT2D eigenvalue weighted by molar-refractivity contribution is 6.02. The van der Waals surface area contributed by atoms with Crippen LogP contribution in [0, 0.1) is 0 Å². The number of rotatable bonds is 3. The van der Waals surface area contributed by atoms with Crippen molar-refractivity contribution >= 4 is 17.5 Å². The number of para-hydroxylation sites is 1. The molecular formula is C19H18N2O5. The van der Waals surface area contributed by atoms with E-state index in [1.807, 2.05) is 0 Å². The van der Waals surface area contributed by atoms with Gasteiger partial charge in [0.2, 0.25) is 12.7 Å². The molecule has 7 nitrogen and oxygen atoms in total. The fourth-order valence-corrected chi connectivity index (χ4v) is 3.29. The number of ether oxygens (including phenoxy) is 2. The number of nitrogens with zero attached hydrogens (tertiary/aromatic N) is 1. The molecule has 134 valence electrons. The summed E-state index contributed by atoms with van der Waals surface area (Å²) in [5.74, 6) is 0.535. The molecule has 2 aliphatic rings. The average Bonchev–Trinajstić information content (AvgIpc) is 3.30. The lowest BCUT2D eigenvalue weighted by Gasteiger charge is -2.24. The molecule has 2 aliphatic heterocycles. The minimum Gasteiger partial charge on any atom is -0.507 e. The third kappa shape index (κ3) is 2.92. The Morgan fingerprint density at radius 2 is 1.92 bits per heavy atom. The van der Waals surface area contributed by atoms with Gasteiger partial charge in [0.15, 0.2) is 11.5 Å². The summed E-state index contributed by atoms with van der Waals surface area (Å²) < 4.78 is 10.6. The van der Waals surface area contributed by atoms with Crippen LogP contribution in [0.4, 0.5) is 5.69 Å². The van der Waals surface area contributed by atoms with E-state index in [4.69, 9.17) is 9.47 Å². The lowest BCUT2D eigenvalue weighted by Crippen LogP contribution is -2.43. The highest BCUT2D eigenvalue weighted by Gasteiger charge is 2.35. The van der Waals surface area contributed by atoms with E-state index >= 15 is 0 Å². The molecule has 4 rings (SSSR count). The molecule has 0 radical (unpaired) electrons. The molecule has 0 aliphatic carbocycles. The van der Waals surface area contributed by atoms with Crippen LogP contribution in [0.15, 0.2) is 42.5 Å². The van der Waals surface area contributed by atoms with E-state index in [9.17, 15) is 14.7 Å². The summed E-state index contributed by atoms with van der Waals surface area (Å²) in [5.41, 5.74) is 0.788. The summed E-state index contributed by atoms with van der Waals surface area (Å²) in [5, 5.41) is 12.8. The Labute approximate surface area is 150 Å². The molecule has 0 aromatic heterocycles. The molecule has 1 fully saturated rings. The predicted molar refractivity (Wildman–Crippen MR) is 93.4 cm³/mol. The van der Waals surface area contributed by atoms with E-state index in [1.165, 1.54) is 11.0 Å². The second kappa shape index (κ2) is 6.59. The van der Waals surface area contributed by atoms with Crippen LogP contribution >= 0.6 is 0 Å². The number of carbonyl (C=O) groups excluding carboxylic acids is 2. The van der Waals surface area contributed by atoms with Crippen molar-refractivity contribution in [2.45, 2.75) is 18.9 Å². The van der Waals surface area contributed by atoms with Gasteiger partial charge in [0.05, 0.1) is 5.56 Å². The molecule has 7 heteroatoms. The smallest absolute Gasteiger partial charge is 0.258 e. The van der Waals surface area contributed by atoms with Gasteiger partial charge in [-0.05, 0) is 37.1 Å². The second-order valence-corrected chi connectivity index (χ2v) is 6.23. The lowest BCUT2D eigenvalue weighted by atomic mass is 10.1. The van der Waals surface area contributed by atoms with Crippen molar-refractivity contribution in [3.05, 3.63) is 48.0 Å². The number of anilines is 1. The van der Waals surface area contributed by atoms with Crippen molar-refractivity contribution in [1.82, 2.24) is 4.90 Å². The summed E-state index contributed by atoms with van der Waals surface area (Å²) in [6.07, 6.45) is 1.31. The van der Waals surface area contributed by atoms with Gasteiger partial charge in [0.1, 0.15) is 11.8 Å². The van der Waals surface area contributed by atoms with Gasteiger partial charge >= 0.3 is 0 Å². The van der Waals surface area contributed by atoms with E-state index in [-0.39, 0.29) is 29.9 Å². The third-order valence-electron chi connectivity index (χ3n) is 4.59. The van der Waals surface area contributed by atoms with Crippen LogP contribution in [-0.2, 0) is 4.79 Å². The van der Waals surface area contributed by atoms with Crippen molar-refractivity contribution in [1.29, 1.82) is 0 Å². The van der Waals surface area contributed by atoms with Crippen LogP contribution in [0.2, 0.25) is 0 Å². The van der Waals surface area contributed by atoms with Gasteiger partial charge < -0.3 is 24.8 Å². The van der Waals surface area contributed by atoms with E-state index in [0.717, 1.165) is 6.42 Å². The summed E-state index contributed by atoms with van der Waals surface area (Å²) >= 11 is 0. The third-order valence-corrected chi connectivity index (χ3v) is 4.59. The second-order valence-electron chi connectivity index (χ2n) is 6.23. The Morgan fingerprint density at radius 1 is 1.12 bits per heavy atom. The molecule has 2 N–H and O–H groups in total. The average molecular weight is 354 g/mol. The Hall–Kier alpha value is -3.22. The van der Waals surface area contributed by atoms with Gasteiger partial charge in [-0.15, -0.1) is 0 Å². The first-order chi connectivity index (χ1) is 12.6. The first-order valence-corrected chi connectivity index (χ1v) is 8.43. The van der Waals surface area contributed by atoms with Gasteiger partial charge in [-0.1, -0.05) is 12.1 Å². The normalized spacial score (nSPS) is 18.0. The predicted octanol–water partition coefficient (Wildman–Crippen LogP) is 2.36. The number of nitrogens with one attached hydrogen (secondary N) is 1. The summed E-state index contributed by atoms with van der Waals surface area (Å²) in [4.78, 5) is 27.0. The monoisotopic (exact) mass is 354 g/mol. The van der Waals surface area contributed by atoms with Crippen LogP contribution in [0.5, 0.6) is 17.2 Å². The van der Waals surface area contributed by atoms with Gasteiger partial charge in [-0.25, -0.2) is 0 Å². The maximum absolute atomic E-state index is 12.7. The van der Waals surface area contributed by atoms with Crippen LogP contribution in [0.25, 0.3) is 0 Å². The first kappa shape index (κ1) is 16.3. The first-order valence-electron chi connectivity index (χ1n) is 8.43. The standard InChI is InChI=1S/C19H18N2O5/c22-15-6-2-1-4-13(15)19(24)21-9-3-5-14(21)18(23)20-12-7-8-16-17(10-12)26-11-25-16/h1-2,4,6-8,10,14,22H,3,5,9,11H2,(H,20,23)/t14-/m1/s1. The van der Waals surface area contributed by atoms with Crippen molar-refractivity contribution in [2.75, 3.05) is 18.7 Å².